The largest absolute Gasteiger partial charge is 0.465 e. The molecule has 1 aromatic heterocycles. The van der Waals surface area contributed by atoms with Crippen LogP contribution in [-0.2, 0) is 16.1 Å². The number of likely N-dealkylation sites (N-methyl/N-ethyl adjacent to an activating group) is 1. The first-order valence-electron chi connectivity index (χ1n) is 11.1. The first-order valence-corrected chi connectivity index (χ1v) is 11.9. The average molecular weight is 482 g/mol. The number of methoxy groups -OCH3 is 1. The summed E-state index contributed by atoms with van der Waals surface area (Å²) in [6, 6.07) is 25.3. The van der Waals surface area contributed by atoms with Gasteiger partial charge in [0.2, 0.25) is 0 Å². The number of ether oxygens (including phenoxy) is 1. The van der Waals surface area contributed by atoms with Gasteiger partial charge in [0, 0.05) is 36.3 Å². The van der Waals surface area contributed by atoms with Crippen LogP contribution in [0.1, 0.15) is 21.5 Å². The van der Waals surface area contributed by atoms with Gasteiger partial charge >= 0.3 is 5.97 Å². The van der Waals surface area contributed by atoms with Crippen LogP contribution in [0, 0.1) is 0 Å². The summed E-state index contributed by atoms with van der Waals surface area (Å²) < 4.78 is 6.95. The van der Waals surface area contributed by atoms with Crippen molar-refractivity contribution in [2.75, 3.05) is 14.2 Å². The molecule has 0 atom stereocenters. The van der Waals surface area contributed by atoms with Gasteiger partial charge in [-0.05, 0) is 53.7 Å². The van der Waals surface area contributed by atoms with Gasteiger partial charge in [-0.25, -0.2) is 9.79 Å². The molecule has 7 heteroatoms. The van der Waals surface area contributed by atoms with Crippen LogP contribution in [-0.4, -0.2) is 40.7 Å². The Morgan fingerprint density at radius 1 is 1.00 bits per heavy atom. The molecule has 0 radical (unpaired) electrons. The number of amidine groups is 1. The second kappa shape index (κ2) is 9.64. The number of esters is 1. The van der Waals surface area contributed by atoms with Gasteiger partial charge in [0.05, 0.1) is 23.3 Å². The molecular formula is C28H23N3O3S. The van der Waals surface area contributed by atoms with Crippen molar-refractivity contribution in [3.8, 4) is 0 Å². The molecule has 1 aliphatic rings. The number of rotatable bonds is 5. The Balaban J connectivity index is 1.45. The quantitative estimate of drug-likeness (QED) is 0.271. The molecule has 4 aromatic rings. The summed E-state index contributed by atoms with van der Waals surface area (Å²) in [5.74, 6) is -0.497. The lowest BCUT2D eigenvalue weighted by atomic mass is 10.1. The lowest BCUT2D eigenvalue weighted by Gasteiger charge is -2.07. The van der Waals surface area contributed by atoms with Crippen LogP contribution in [0.25, 0.3) is 17.0 Å². The lowest BCUT2D eigenvalue weighted by Crippen LogP contribution is -2.23. The van der Waals surface area contributed by atoms with Gasteiger partial charge in [-0.3, -0.25) is 9.69 Å². The number of hydrogen-bond donors (Lipinski definition) is 0. The smallest absolute Gasteiger partial charge is 0.337 e. The van der Waals surface area contributed by atoms with Crippen molar-refractivity contribution < 1.29 is 14.3 Å². The molecule has 2 heterocycles. The maximum absolute atomic E-state index is 13.0. The van der Waals surface area contributed by atoms with Crippen molar-refractivity contribution in [2.45, 2.75) is 6.54 Å². The molecule has 6 nitrogen and oxygen atoms in total. The first kappa shape index (κ1) is 22.7. The third-order valence-electron chi connectivity index (χ3n) is 5.82. The number of hydrogen-bond acceptors (Lipinski definition) is 5. The first-order chi connectivity index (χ1) is 17.0. The monoisotopic (exact) mass is 481 g/mol. The summed E-state index contributed by atoms with van der Waals surface area (Å²) in [5, 5.41) is 1.68. The number of carbonyl (C=O) groups excluding carboxylic acids is 2. The van der Waals surface area contributed by atoms with Gasteiger partial charge in [0.25, 0.3) is 5.91 Å². The zero-order valence-electron chi connectivity index (χ0n) is 19.3. The molecule has 35 heavy (non-hydrogen) atoms. The second-order valence-electron chi connectivity index (χ2n) is 8.12. The highest BCUT2D eigenvalue weighted by molar-refractivity contribution is 8.18. The number of carbonyl (C=O) groups is 2. The third-order valence-corrected chi connectivity index (χ3v) is 6.88. The fourth-order valence-electron chi connectivity index (χ4n) is 3.99. The molecule has 3 aromatic carbocycles. The van der Waals surface area contributed by atoms with Crippen molar-refractivity contribution in [1.29, 1.82) is 0 Å². The number of thioether (sulfide) groups is 1. The summed E-state index contributed by atoms with van der Waals surface area (Å²) in [4.78, 5) is 31.4. The van der Waals surface area contributed by atoms with E-state index in [1.54, 1.807) is 36.2 Å². The van der Waals surface area contributed by atoms with Gasteiger partial charge in [-0.15, -0.1) is 0 Å². The molecule has 1 saturated heterocycles. The summed E-state index contributed by atoms with van der Waals surface area (Å²) in [7, 11) is 3.07. The van der Waals surface area contributed by atoms with Gasteiger partial charge < -0.3 is 9.30 Å². The zero-order chi connectivity index (χ0) is 24.4. The average Bonchev–Trinajstić information content (AvgIpc) is 3.37. The Morgan fingerprint density at radius 2 is 1.71 bits per heavy atom. The summed E-state index contributed by atoms with van der Waals surface area (Å²) >= 11 is 1.34. The van der Waals surface area contributed by atoms with Gasteiger partial charge in [-0.1, -0.05) is 48.5 Å². The molecule has 174 valence electrons. The Bertz CT molecular complexity index is 1470. The zero-order valence-corrected chi connectivity index (χ0v) is 20.2. The molecule has 1 amide bonds. The number of fused-ring (bicyclic) bond motifs is 1. The molecular weight excluding hydrogens is 458 g/mol. The minimum absolute atomic E-state index is 0.0974. The molecule has 0 bridgehead atoms. The molecule has 0 spiro atoms. The van der Waals surface area contributed by atoms with E-state index in [-0.39, 0.29) is 5.91 Å². The van der Waals surface area contributed by atoms with Crippen molar-refractivity contribution >= 4 is 51.5 Å². The van der Waals surface area contributed by atoms with E-state index >= 15 is 0 Å². The SMILES string of the molecule is COC(=O)c1ccc(N=C2S/C(=C\c3cn(Cc4ccccc4)c4ccccc34)C(=O)N2C)cc1. The van der Waals surface area contributed by atoms with Crippen LogP contribution >= 0.6 is 11.8 Å². The van der Waals surface area contributed by atoms with Crippen LogP contribution in [0.2, 0.25) is 0 Å². The molecule has 1 fully saturated rings. The number of benzene rings is 3. The van der Waals surface area contributed by atoms with E-state index in [1.165, 1.54) is 24.4 Å². The van der Waals surface area contributed by atoms with Crippen LogP contribution < -0.4 is 0 Å². The second-order valence-corrected chi connectivity index (χ2v) is 9.13. The van der Waals surface area contributed by atoms with Gasteiger partial charge in [0.1, 0.15) is 0 Å². The Morgan fingerprint density at radius 3 is 2.46 bits per heavy atom. The van der Waals surface area contributed by atoms with Gasteiger partial charge in [-0.2, -0.15) is 0 Å². The summed E-state index contributed by atoms with van der Waals surface area (Å²) in [6.45, 7) is 0.750. The fraction of sp³-hybridized carbons (Fsp3) is 0.107. The summed E-state index contributed by atoms with van der Waals surface area (Å²) in [6.07, 6.45) is 4.04. The van der Waals surface area contributed by atoms with Crippen LogP contribution in [0.5, 0.6) is 0 Å². The van der Waals surface area contributed by atoms with Crippen LogP contribution in [0.3, 0.4) is 0 Å². The van der Waals surface area contributed by atoms with E-state index in [9.17, 15) is 9.59 Å². The fourth-order valence-corrected chi connectivity index (χ4v) is 4.97. The maximum Gasteiger partial charge on any atom is 0.337 e. The molecule has 0 unspecified atom stereocenters. The number of para-hydroxylation sites is 1. The van der Waals surface area contributed by atoms with Gasteiger partial charge in [0.15, 0.2) is 5.17 Å². The minimum atomic E-state index is -0.400. The normalized spacial score (nSPS) is 15.9. The van der Waals surface area contributed by atoms with E-state index in [0.29, 0.717) is 21.3 Å². The van der Waals surface area contributed by atoms with Crippen molar-refractivity contribution in [1.82, 2.24) is 9.47 Å². The predicted molar refractivity (Wildman–Crippen MR) is 141 cm³/mol. The molecule has 0 aliphatic carbocycles. The van der Waals surface area contributed by atoms with E-state index in [4.69, 9.17) is 4.74 Å². The maximum atomic E-state index is 13.0. The Kier molecular flexibility index (Phi) is 6.25. The Hall–Kier alpha value is -4.10. The van der Waals surface area contributed by atoms with Crippen LogP contribution in [0.4, 0.5) is 5.69 Å². The highest BCUT2D eigenvalue weighted by atomic mass is 32.2. The highest BCUT2D eigenvalue weighted by Gasteiger charge is 2.30. The van der Waals surface area contributed by atoms with Crippen molar-refractivity contribution in [3.05, 3.63) is 107 Å². The molecule has 1 aliphatic heterocycles. The molecule has 5 rings (SSSR count). The molecule has 0 N–H and O–H groups in total. The van der Waals surface area contributed by atoms with Crippen molar-refractivity contribution in [3.63, 3.8) is 0 Å². The number of aromatic nitrogens is 1. The van der Waals surface area contributed by atoms with E-state index in [0.717, 1.165) is 23.0 Å². The lowest BCUT2D eigenvalue weighted by molar-refractivity contribution is -0.121. The van der Waals surface area contributed by atoms with Crippen molar-refractivity contribution in [2.24, 2.45) is 4.99 Å². The summed E-state index contributed by atoms with van der Waals surface area (Å²) in [5.41, 5.74) is 4.43. The highest BCUT2D eigenvalue weighted by Crippen LogP contribution is 2.35. The standard InChI is InChI=1S/C28H23N3O3S/c1-30-26(32)25(35-28(30)29-22-14-12-20(13-15-22)27(33)34-2)16-21-18-31(17-19-8-4-3-5-9-19)24-11-7-6-10-23(21)24/h3-16,18H,17H2,1-2H3/b25-16-,29-28?. The van der Waals surface area contributed by atoms with Crippen LogP contribution in [0.15, 0.2) is 95.0 Å². The van der Waals surface area contributed by atoms with E-state index < -0.39 is 5.97 Å². The third kappa shape index (κ3) is 4.63. The Labute approximate surface area is 207 Å². The number of aliphatic imine (C=N–C) groups is 1. The van der Waals surface area contributed by atoms with E-state index in [2.05, 4.69) is 40.0 Å². The predicted octanol–water partition coefficient (Wildman–Crippen LogP) is 5.71. The topological polar surface area (TPSA) is 63.9 Å². The minimum Gasteiger partial charge on any atom is -0.465 e. The van der Waals surface area contributed by atoms with E-state index in [1.807, 2.05) is 36.4 Å². The number of nitrogens with zero attached hydrogens (tertiary/aromatic N) is 3. The number of amides is 1. The molecule has 0 saturated carbocycles.